The van der Waals surface area contributed by atoms with E-state index in [4.69, 9.17) is 4.84 Å². The molecule has 0 aliphatic carbocycles. The molecular formula is C22H36N2O3. The number of carboxylic acid groups (broad SMARTS) is 1. The second-order valence-corrected chi connectivity index (χ2v) is 8.63. The van der Waals surface area contributed by atoms with Gasteiger partial charge in [0.15, 0.2) is 0 Å². The first kappa shape index (κ1) is 21.7. The van der Waals surface area contributed by atoms with E-state index in [1.54, 1.807) is 7.05 Å². The zero-order chi connectivity index (χ0) is 20.2. The SMILES string of the molecule is CCC1(CC)CC(CN(C)C(=O)O)CC(C)(C)N1OC(C)c1ccccc1. The predicted octanol–water partition coefficient (Wildman–Crippen LogP) is 5.34. The molecule has 1 aromatic carbocycles. The summed E-state index contributed by atoms with van der Waals surface area (Å²) in [5, 5.41) is 11.5. The third-order valence-corrected chi connectivity index (χ3v) is 6.14. The Morgan fingerprint density at radius 3 is 2.37 bits per heavy atom. The first-order valence-electron chi connectivity index (χ1n) is 10.1. The van der Waals surface area contributed by atoms with Crippen LogP contribution in [0.25, 0.3) is 0 Å². The minimum Gasteiger partial charge on any atom is -0.465 e. The second-order valence-electron chi connectivity index (χ2n) is 8.63. The molecule has 1 aliphatic rings. The van der Waals surface area contributed by atoms with Gasteiger partial charge < -0.3 is 10.0 Å². The fraction of sp³-hybridized carbons (Fsp3) is 0.682. The van der Waals surface area contributed by atoms with Crippen LogP contribution in [0.2, 0.25) is 0 Å². The van der Waals surface area contributed by atoms with Gasteiger partial charge in [0.25, 0.3) is 0 Å². The van der Waals surface area contributed by atoms with Gasteiger partial charge in [-0.3, -0.25) is 4.84 Å². The van der Waals surface area contributed by atoms with E-state index >= 15 is 0 Å². The number of hydroxylamine groups is 2. The number of hydrogen-bond acceptors (Lipinski definition) is 3. The van der Waals surface area contributed by atoms with Gasteiger partial charge in [0, 0.05) is 24.7 Å². The van der Waals surface area contributed by atoms with Crippen LogP contribution in [-0.4, -0.2) is 45.8 Å². The highest BCUT2D eigenvalue weighted by Crippen LogP contribution is 2.46. The molecule has 5 nitrogen and oxygen atoms in total. The minimum absolute atomic E-state index is 0.0267. The fourth-order valence-electron chi connectivity index (χ4n) is 4.74. The molecule has 1 aromatic rings. The van der Waals surface area contributed by atoms with Crippen LogP contribution in [0.1, 0.15) is 72.0 Å². The van der Waals surface area contributed by atoms with Gasteiger partial charge in [-0.05, 0) is 57.9 Å². The highest BCUT2D eigenvalue weighted by Gasteiger charge is 2.50. The molecule has 1 heterocycles. The van der Waals surface area contributed by atoms with Crippen LogP contribution >= 0.6 is 0 Å². The van der Waals surface area contributed by atoms with E-state index in [1.807, 2.05) is 18.2 Å². The molecule has 2 unspecified atom stereocenters. The molecule has 2 atom stereocenters. The van der Waals surface area contributed by atoms with Gasteiger partial charge in [-0.15, -0.1) is 0 Å². The molecule has 1 saturated heterocycles. The van der Waals surface area contributed by atoms with Gasteiger partial charge >= 0.3 is 6.09 Å². The summed E-state index contributed by atoms with van der Waals surface area (Å²) in [6.07, 6.45) is 2.92. The summed E-state index contributed by atoms with van der Waals surface area (Å²) in [5.74, 6) is 0.327. The number of piperidine rings is 1. The lowest BCUT2D eigenvalue weighted by Gasteiger charge is -2.57. The quantitative estimate of drug-likeness (QED) is 0.698. The number of hydrogen-bond donors (Lipinski definition) is 1. The van der Waals surface area contributed by atoms with E-state index in [9.17, 15) is 9.90 Å². The molecule has 0 radical (unpaired) electrons. The topological polar surface area (TPSA) is 53.0 Å². The van der Waals surface area contributed by atoms with E-state index in [0.29, 0.717) is 12.5 Å². The van der Waals surface area contributed by atoms with Crippen LogP contribution in [0.15, 0.2) is 30.3 Å². The Labute approximate surface area is 164 Å². The highest BCUT2D eigenvalue weighted by molar-refractivity contribution is 5.64. The van der Waals surface area contributed by atoms with Crippen molar-refractivity contribution in [3.05, 3.63) is 35.9 Å². The smallest absolute Gasteiger partial charge is 0.407 e. The van der Waals surface area contributed by atoms with Crippen molar-refractivity contribution < 1.29 is 14.7 Å². The Hall–Kier alpha value is -1.59. The number of benzene rings is 1. The maximum Gasteiger partial charge on any atom is 0.407 e. The van der Waals surface area contributed by atoms with E-state index < -0.39 is 6.09 Å². The summed E-state index contributed by atoms with van der Waals surface area (Å²) in [5.41, 5.74) is 0.911. The second kappa shape index (κ2) is 8.61. The molecule has 5 heteroatoms. The van der Waals surface area contributed by atoms with Crippen molar-refractivity contribution in [2.75, 3.05) is 13.6 Å². The fourth-order valence-corrected chi connectivity index (χ4v) is 4.74. The van der Waals surface area contributed by atoms with Crippen LogP contribution in [0.3, 0.4) is 0 Å². The average molecular weight is 377 g/mol. The number of rotatable bonds is 7. The van der Waals surface area contributed by atoms with Crippen LogP contribution in [-0.2, 0) is 4.84 Å². The van der Waals surface area contributed by atoms with Crippen LogP contribution in [0.5, 0.6) is 0 Å². The Bertz CT molecular complexity index is 613. The zero-order valence-corrected chi connectivity index (χ0v) is 17.7. The largest absolute Gasteiger partial charge is 0.465 e. The van der Waals surface area contributed by atoms with Crippen LogP contribution in [0, 0.1) is 5.92 Å². The monoisotopic (exact) mass is 376 g/mol. The molecule has 152 valence electrons. The van der Waals surface area contributed by atoms with Crippen molar-refractivity contribution in [3.8, 4) is 0 Å². The summed E-state index contributed by atoms with van der Waals surface area (Å²) in [6, 6.07) is 10.3. The Balaban J connectivity index is 2.26. The molecule has 1 N–H and O–H groups in total. The summed E-state index contributed by atoms with van der Waals surface area (Å²) in [6.45, 7) is 11.5. The van der Waals surface area contributed by atoms with Gasteiger partial charge in [-0.25, -0.2) is 4.79 Å². The van der Waals surface area contributed by atoms with Crippen LogP contribution < -0.4 is 0 Å². The van der Waals surface area contributed by atoms with Crippen molar-refractivity contribution in [2.24, 2.45) is 5.92 Å². The lowest BCUT2D eigenvalue weighted by Crippen LogP contribution is -2.63. The highest BCUT2D eigenvalue weighted by atomic mass is 16.7. The maximum atomic E-state index is 11.3. The number of amides is 1. The van der Waals surface area contributed by atoms with E-state index in [-0.39, 0.29) is 17.2 Å². The van der Waals surface area contributed by atoms with E-state index in [2.05, 4.69) is 51.8 Å². The van der Waals surface area contributed by atoms with Gasteiger partial charge in [-0.2, -0.15) is 5.06 Å². The van der Waals surface area contributed by atoms with E-state index in [1.165, 1.54) is 10.5 Å². The Morgan fingerprint density at radius 2 is 1.85 bits per heavy atom. The molecule has 0 saturated carbocycles. The predicted molar refractivity (Wildman–Crippen MR) is 109 cm³/mol. The Morgan fingerprint density at radius 1 is 1.26 bits per heavy atom. The molecule has 1 aliphatic heterocycles. The van der Waals surface area contributed by atoms with Crippen molar-refractivity contribution in [2.45, 2.75) is 77.5 Å². The standard InChI is InChI=1S/C22H36N2O3/c1-7-22(8-2)15-18(16-23(6)20(25)26)14-21(4,5)24(22)27-17(3)19-12-10-9-11-13-19/h9-13,17-18H,7-8,14-16H2,1-6H3,(H,25,26). The van der Waals surface area contributed by atoms with Crippen molar-refractivity contribution in [1.29, 1.82) is 0 Å². The first-order chi connectivity index (χ1) is 12.6. The summed E-state index contributed by atoms with van der Waals surface area (Å²) in [4.78, 5) is 19.3. The molecule has 0 spiro atoms. The Kier molecular flexibility index (Phi) is 6.92. The van der Waals surface area contributed by atoms with E-state index in [0.717, 1.165) is 25.7 Å². The van der Waals surface area contributed by atoms with Gasteiger partial charge in [0.2, 0.25) is 0 Å². The van der Waals surface area contributed by atoms with Crippen molar-refractivity contribution in [1.82, 2.24) is 9.96 Å². The number of carbonyl (C=O) groups is 1. The molecule has 0 bridgehead atoms. The first-order valence-corrected chi connectivity index (χ1v) is 10.1. The van der Waals surface area contributed by atoms with Gasteiger partial charge in [-0.1, -0.05) is 44.2 Å². The normalized spacial score (nSPS) is 23.0. The maximum absolute atomic E-state index is 11.3. The number of nitrogens with zero attached hydrogens (tertiary/aromatic N) is 2. The van der Waals surface area contributed by atoms with Crippen molar-refractivity contribution in [3.63, 3.8) is 0 Å². The molecule has 1 fully saturated rings. The summed E-state index contributed by atoms with van der Waals surface area (Å²) in [7, 11) is 1.66. The van der Waals surface area contributed by atoms with Gasteiger partial charge in [0.05, 0.1) is 0 Å². The molecular weight excluding hydrogens is 340 g/mol. The third kappa shape index (κ3) is 4.82. The van der Waals surface area contributed by atoms with Gasteiger partial charge in [0.1, 0.15) is 6.10 Å². The molecule has 1 amide bonds. The lowest BCUT2D eigenvalue weighted by atomic mass is 9.71. The van der Waals surface area contributed by atoms with Crippen molar-refractivity contribution >= 4 is 6.09 Å². The van der Waals surface area contributed by atoms with Crippen LogP contribution in [0.4, 0.5) is 4.79 Å². The molecule has 27 heavy (non-hydrogen) atoms. The molecule has 0 aromatic heterocycles. The third-order valence-electron chi connectivity index (χ3n) is 6.14. The summed E-state index contributed by atoms with van der Waals surface area (Å²) >= 11 is 0. The minimum atomic E-state index is -0.859. The zero-order valence-electron chi connectivity index (χ0n) is 17.7. The molecule has 2 rings (SSSR count). The summed E-state index contributed by atoms with van der Waals surface area (Å²) < 4.78 is 0. The lowest BCUT2D eigenvalue weighted by molar-refractivity contribution is -0.319. The average Bonchev–Trinajstić information content (AvgIpc) is 2.63.